The topological polar surface area (TPSA) is 66.4 Å². The first-order valence-electron chi connectivity index (χ1n) is 7.49. The van der Waals surface area contributed by atoms with Crippen LogP contribution in [0.1, 0.15) is 29.2 Å². The Morgan fingerprint density at radius 1 is 1.00 bits per heavy atom. The van der Waals surface area contributed by atoms with E-state index in [-0.39, 0.29) is 11.4 Å². The van der Waals surface area contributed by atoms with E-state index in [0.29, 0.717) is 11.1 Å². The number of hydrogen-bond acceptors (Lipinski definition) is 3. The highest BCUT2D eigenvalue weighted by molar-refractivity contribution is 7.89. The van der Waals surface area contributed by atoms with E-state index in [1.165, 1.54) is 0 Å². The van der Waals surface area contributed by atoms with Crippen molar-refractivity contribution in [3.63, 3.8) is 0 Å². The molecule has 2 aromatic carbocycles. The molecule has 0 saturated heterocycles. The molecule has 2 aromatic rings. The average molecular weight is 333 g/mol. The van der Waals surface area contributed by atoms with Gasteiger partial charge in [-0.1, -0.05) is 36.4 Å². The summed E-state index contributed by atoms with van der Waals surface area (Å²) in [4.78, 5) is 0.254. The van der Waals surface area contributed by atoms with Crippen LogP contribution < -0.4 is 4.72 Å². The van der Waals surface area contributed by atoms with Gasteiger partial charge in [-0.25, -0.2) is 13.1 Å². The van der Waals surface area contributed by atoms with Crippen molar-refractivity contribution in [3.05, 3.63) is 64.7 Å². The summed E-state index contributed by atoms with van der Waals surface area (Å²) >= 11 is 0. The van der Waals surface area contributed by atoms with Crippen LogP contribution in [0.5, 0.6) is 0 Å². The highest BCUT2D eigenvalue weighted by atomic mass is 32.2. The van der Waals surface area contributed by atoms with Gasteiger partial charge in [0.1, 0.15) is 5.60 Å². The van der Waals surface area contributed by atoms with Crippen LogP contribution in [0.2, 0.25) is 0 Å². The summed E-state index contributed by atoms with van der Waals surface area (Å²) in [6.45, 7) is 7.11. The molecule has 0 saturated carbocycles. The second-order valence-electron chi connectivity index (χ2n) is 6.17. The van der Waals surface area contributed by atoms with Gasteiger partial charge in [0.05, 0.1) is 4.90 Å². The van der Waals surface area contributed by atoms with E-state index in [1.54, 1.807) is 32.0 Å². The molecule has 0 aliphatic carbocycles. The Bertz CT molecular complexity index is 797. The maximum absolute atomic E-state index is 12.6. The molecule has 0 aromatic heterocycles. The molecule has 0 heterocycles. The first-order valence-corrected chi connectivity index (χ1v) is 8.97. The lowest BCUT2D eigenvalue weighted by molar-refractivity contribution is 0.0627. The Balaban J connectivity index is 2.24. The zero-order valence-corrected chi connectivity index (χ0v) is 14.7. The van der Waals surface area contributed by atoms with Crippen molar-refractivity contribution in [1.29, 1.82) is 0 Å². The molecule has 2 N–H and O–H groups in total. The van der Waals surface area contributed by atoms with Crippen molar-refractivity contribution in [3.8, 4) is 0 Å². The van der Waals surface area contributed by atoms with E-state index in [2.05, 4.69) is 4.72 Å². The Labute approximate surface area is 138 Å². The van der Waals surface area contributed by atoms with E-state index < -0.39 is 15.6 Å². The zero-order valence-electron chi connectivity index (χ0n) is 13.9. The minimum absolute atomic E-state index is 0.0916. The second-order valence-corrected chi connectivity index (χ2v) is 7.90. The first-order chi connectivity index (χ1) is 10.6. The van der Waals surface area contributed by atoms with Gasteiger partial charge in [-0.2, -0.15) is 0 Å². The molecule has 5 heteroatoms. The smallest absolute Gasteiger partial charge is 0.240 e. The van der Waals surface area contributed by atoms with Crippen LogP contribution in [0.4, 0.5) is 0 Å². The third-order valence-electron chi connectivity index (χ3n) is 4.08. The Hall–Kier alpha value is -1.69. The number of hydrogen-bond donors (Lipinski definition) is 2. The lowest BCUT2D eigenvalue weighted by Crippen LogP contribution is -2.38. The van der Waals surface area contributed by atoms with Crippen LogP contribution >= 0.6 is 0 Å². The molecule has 2 rings (SSSR count). The number of aliphatic hydroxyl groups is 1. The molecule has 4 nitrogen and oxygen atoms in total. The summed E-state index contributed by atoms with van der Waals surface area (Å²) in [5, 5.41) is 10.5. The maximum Gasteiger partial charge on any atom is 0.240 e. The molecule has 124 valence electrons. The summed E-state index contributed by atoms with van der Waals surface area (Å²) in [5.74, 6) is 0. The van der Waals surface area contributed by atoms with Crippen molar-refractivity contribution in [2.45, 2.75) is 38.2 Å². The molecular formula is C18H23NO3S. The fraction of sp³-hybridized carbons (Fsp3) is 0.333. The third kappa shape index (κ3) is 3.99. The van der Waals surface area contributed by atoms with Crippen LogP contribution in [-0.4, -0.2) is 20.1 Å². The fourth-order valence-corrected chi connectivity index (χ4v) is 3.88. The van der Waals surface area contributed by atoms with E-state index in [1.807, 2.05) is 38.1 Å². The SMILES string of the molecule is Cc1cc(C)c(S(=O)(=O)NCC(C)(O)c2ccccc2)cc1C. The molecule has 0 bridgehead atoms. The van der Waals surface area contributed by atoms with Crippen LogP contribution in [0.3, 0.4) is 0 Å². The summed E-state index contributed by atoms with van der Waals surface area (Å²) in [6, 6.07) is 12.5. The molecule has 23 heavy (non-hydrogen) atoms. The van der Waals surface area contributed by atoms with E-state index in [9.17, 15) is 13.5 Å². The predicted molar refractivity (Wildman–Crippen MR) is 91.9 cm³/mol. The normalized spacial score (nSPS) is 14.5. The van der Waals surface area contributed by atoms with Gasteiger partial charge >= 0.3 is 0 Å². The maximum atomic E-state index is 12.6. The minimum atomic E-state index is -3.68. The van der Waals surface area contributed by atoms with Crippen molar-refractivity contribution in [1.82, 2.24) is 4.72 Å². The Morgan fingerprint density at radius 3 is 2.17 bits per heavy atom. The van der Waals surface area contributed by atoms with E-state index in [4.69, 9.17) is 0 Å². The van der Waals surface area contributed by atoms with Crippen molar-refractivity contribution in [2.75, 3.05) is 6.54 Å². The van der Waals surface area contributed by atoms with Gasteiger partial charge in [-0.15, -0.1) is 0 Å². The molecule has 0 amide bonds. The molecular weight excluding hydrogens is 310 g/mol. The largest absolute Gasteiger partial charge is 0.384 e. The van der Waals surface area contributed by atoms with Crippen LogP contribution in [0.15, 0.2) is 47.4 Å². The number of rotatable bonds is 5. The van der Waals surface area contributed by atoms with Gasteiger partial charge in [0.2, 0.25) is 10.0 Å². The standard InChI is InChI=1S/C18H23NO3S/c1-13-10-15(3)17(11-14(13)2)23(21,22)19-12-18(4,20)16-8-6-5-7-9-16/h5-11,19-20H,12H2,1-4H3. The lowest BCUT2D eigenvalue weighted by Gasteiger charge is -2.24. The second kappa shape index (κ2) is 6.43. The van der Waals surface area contributed by atoms with Crippen molar-refractivity contribution in [2.24, 2.45) is 0 Å². The van der Waals surface area contributed by atoms with Gasteiger partial charge in [-0.05, 0) is 56.0 Å². The zero-order chi connectivity index (χ0) is 17.3. The Morgan fingerprint density at radius 2 is 1.57 bits per heavy atom. The lowest BCUT2D eigenvalue weighted by atomic mass is 9.97. The van der Waals surface area contributed by atoms with Crippen molar-refractivity contribution >= 4 is 10.0 Å². The van der Waals surface area contributed by atoms with Gasteiger partial charge in [-0.3, -0.25) is 0 Å². The van der Waals surface area contributed by atoms with Crippen LogP contribution in [0, 0.1) is 20.8 Å². The Kier molecular flexibility index (Phi) is 4.94. The number of nitrogens with one attached hydrogen (secondary N) is 1. The van der Waals surface area contributed by atoms with Gasteiger partial charge in [0.25, 0.3) is 0 Å². The number of sulfonamides is 1. The van der Waals surface area contributed by atoms with Crippen molar-refractivity contribution < 1.29 is 13.5 Å². The van der Waals surface area contributed by atoms with Gasteiger partial charge in [0, 0.05) is 6.54 Å². The fourth-order valence-electron chi connectivity index (χ4n) is 2.44. The van der Waals surface area contributed by atoms with E-state index >= 15 is 0 Å². The quantitative estimate of drug-likeness (QED) is 0.884. The molecule has 1 atom stereocenters. The summed E-state index contributed by atoms with van der Waals surface area (Å²) in [6.07, 6.45) is 0. The van der Waals surface area contributed by atoms with Crippen LogP contribution in [-0.2, 0) is 15.6 Å². The van der Waals surface area contributed by atoms with Gasteiger partial charge < -0.3 is 5.11 Å². The molecule has 0 radical (unpaired) electrons. The summed E-state index contributed by atoms with van der Waals surface area (Å²) in [7, 11) is -3.68. The predicted octanol–water partition coefficient (Wildman–Crippen LogP) is 2.80. The molecule has 1 unspecified atom stereocenters. The molecule has 0 spiro atoms. The highest BCUT2D eigenvalue weighted by Crippen LogP contribution is 2.22. The number of benzene rings is 2. The minimum Gasteiger partial charge on any atom is -0.384 e. The molecule has 0 aliphatic rings. The summed E-state index contributed by atoms with van der Waals surface area (Å²) < 4.78 is 27.7. The van der Waals surface area contributed by atoms with Crippen LogP contribution in [0.25, 0.3) is 0 Å². The molecule has 0 fully saturated rings. The number of aryl methyl sites for hydroxylation is 3. The highest BCUT2D eigenvalue weighted by Gasteiger charge is 2.26. The van der Waals surface area contributed by atoms with Gasteiger partial charge in [0.15, 0.2) is 0 Å². The third-order valence-corrected chi connectivity index (χ3v) is 5.63. The molecule has 0 aliphatic heterocycles. The average Bonchev–Trinajstić information content (AvgIpc) is 2.50. The first kappa shape index (κ1) is 17.7. The van der Waals surface area contributed by atoms with E-state index in [0.717, 1.165) is 11.1 Å². The monoisotopic (exact) mass is 333 g/mol. The summed E-state index contributed by atoms with van der Waals surface area (Å²) in [5.41, 5.74) is 2.06.